The quantitative estimate of drug-likeness (QED) is 0.798. The Morgan fingerprint density at radius 1 is 1.24 bits per heavy atom. The predicted molar refractivity (Wildman–Crippen MR) is 56.9 cm³/mol. The Kier molecular flexibility index (Phi) is 2.78. The van der Waals surface area contributed by atoms with Gasteiger partial charge in [0, 0.05) is 10.9 Å². The Labute approximate surface area is 97.7 Å². The first-order chi connectivity index (χ1) is 7.88. The molecule has 0 fully saturated rings. The van der Waals surface area contributed by atoms with Crippen LogP contribution in [0.1, 0.15) is 5.56 Å². The molecule has 2 rings (SSSR count). The lowest BCUT2D eigenvalue weighted by molar-refractivity contribution is -0.137. The molecule has 2 aromatic rings. The average Bonchev–Trinajstić information content (AvgIpc) is 2.62. The van der Waals surface area contributed by atoms with Gasteiger partial charge in [0.2, 0.25) is 0 Å². The monoisotopic (exact) mass is 262 g/mol. The molecule has 0 aliphatic heterocycles. The third kappa shape index (κ3) is 2.38. The molecule has 0 unspecified atom stereocenters. The minimum absolute atomic E-state index is 0.0272. The van der Waals surface area contributed by atoms with Crippen LogP contribution in [0, 0.1) is 5.82 Å². The number of nitrogens with zero attached hydrogens (tertiary/aromatic N) is 1. The van der Waals surface area contributed by atoms with Gasteiger partial charge in [-0.05, 0) is 18.2 Å². The molecular weight excluding hydrogens is 256 g/mol. The van der Waals surface area contributed by atoms with Crippen molar-refractivity contribution in [1.82, 2.24) is 4.98 Å². The van der Waals surface area contributed by atoms with Crippen molar-refractivity contribution in [2.75, 3.05) is 5.73 Å². The number of alkyl halides is 3. The summed E-state index contributed by atoms with van der Waals surface area (Å²) in [4.78, 5) is 3.73. The molecule has 0 atom stereocenters. The summed E-state index contributed by atoms with van der Waals surface area (Å²) in [5.41, 5.74) is 4.15. The standard InChI is InChI=1S/C10H6F4N2S/c11-5-1-2-7(10(12,13)14)6(3-5)8-4-17-9(15)16-8/h1-4H,(H2,15,16). The molecule has 0 bridgehead atoms. The highest BCUT2D eigenvalue weighted by Crippen LogP contribution is 2.37. The lowest BCUT2D eigenvalue weighted by atomic mass is 10.0. The molecule has 1 aromatic carbocycles. The second kappa shape index (κ2) is 3.99. The molecule has 1 aromatic heterocycles. The molecule has 1 heterocycles. The van der Waals surface area contributed by atoms with E-state index in [0.717, 1.165) is 23.5 Å². The van der Waals surface area contributed by atoms with Crippen LogP contribution in [0.5, 0.6) is 0 Å². The fourth-order valence-corrected chi connectivity index (χ4v) is 1.95. The first kappa shape index (κ1) is 11.8. The summed E-state index contributed by atoms with van der Waals surface area (Å²) in [6.07, 6.45) is -4.55. The molecule has 0 saturated carbocycles. The van der Waals surface area contributed by atoms with Crippen molar-refractivity contribution in [2.45, 2.75) is 6.18 Å². The Hall–Kier alpha value is -1.63. The van der Waals surface area contributed by atoms with Crippen LogP contribution in [0.2, 0.25) is 0 Å². The van der Waals surface area contributed by atoms with E-state index in [0.29, 0.717) is 6.07 Å². The summed E-state index contributed by atoms with van der Waals surface area (Å²) >= 11 is 1.00. The zero-order chi connectivity index (χ0) is 12.6. The number of hydrogen-bond acceptors (Lipinski definition) is 3. The van der Waals surface area contributed by atoms with E-state index in [4.69, 9.17) is 5.73 Å². The Bertz CT molecular complexity index is 547. The van der Waals surface area contributed by atoms with Crippen molar-refractivity contribution in [3.05, 3.63) is 35.0 Å². The second-order valence-corrected chi connectivity index (χ2v) is 4.15. The molecule has 0 radical (unpaired) electrons. The van der Waals surface area contributed by atoms with Gasteiger partial charge in [-0.25, -0.2) is 9.37 Å². The van der Waals surface area contributed by atoms with Crippen LogP contribution >= 0.6 is 11.3 Å². The summed E-state index contributed by atoms with van der Waals surface area (Å²) in [7, 11) is 0. The molecule has 0 amide bonds. The largest absolute Gasteiger partial charge is 0.417 e. The molecule has 2 nitrogen and oxygen atoms in total. The Morgan fingerprint density at radius 3 is 2.47 bits per heavy atom. The van der Waals surface area contributed by atoms with Gasteiger partial charge in [-0.15, -0.1) is 11.3 Å². The summed E-state index contributed by atoms with van der Waals surface area (Å²) in [6, 6.07) is 2.26. The fourth-order valence-electron chi connectivity index (χ4n) is 1.39. The van der Waals surface area contributed by atoms with Crippen LogP contribution in [-0.2, 0) is 6.18 Å². The van der Waals surface area contributed by atoms with Gasteiger partial charge in [0.25, 0.3) is 0 Å². The number of nitrogens with two attached hydrogens (primary N) is 1. The number of halogens is 4. The highest BCUT2D eigenvalue weighted by Gasteiger charge is 2.34. The topological polar surface area (TPSA) is 38.9 Å². The molecule has 0 spiro atoms. The summed E-state index contributed by atoms with van der Waals surface area (Å²) in [5.74, 6) is -0.750. The molecular formula is C10H6F4N2S. The Balaban J connectivity index is 2.63. The van der Waals surface area contributed by atoms with Gasteiger partial charge in [0.05, 0.1) is 11.3 Å². The van der Waals surface area contributed by atoms with Crippen LogP contribution in [0.4, 0.5) is 22.7 Å². The van der Waals surface area contributed by atoms with Crippen LogP contribution in [-0.4, -0.2) is 4.98 Å². The normalized spacial score (nSPS) is 11.8. The van der Waals surface area contributed by atoms with E-state index in [1.807, 2.05) is 0 Å². The zero-order valence-electron chi connectivity index (χ0n) is 8.25. The molecule has 7 heteroatoms. The van der Waals surface area contributed by atoms with Crippen LogP contribution in [0.3, 0.4) is 0 Å². The highest BCUT2D eigenvalue weighted by atomic mass is 32.1. The third-order valence-electron chi connectivity index (χ3n) is 2.08. The third-order valence-corrected chi connectivity index (χ3v) is 2.76. The minimum atomic E-state index is -4.55. The van der Waals surface area contributed by atoms with Crippen LogP contribution < -0.4 is 5.73 Å². The van der Waals surface area contributed by atoms with Gasteiger partial charge in [-0.1, -0.05) is 0 Å². The van der Waals surface area contributed by atoms with E-state index in [1.165, 1.54) is 5.38 Å². The summed E-state index contributed by atoms with van der Waals surface area (Å²) in [6.45, 7) is 0. The molecule has 90 valence electrons. The number of nitrogen functional groups attached to an aromatic ring is 1. The number of rotatable bonds is 1. The van der Waals surface area contributed by atoms with Gasteiger partial charge >= 0.3 is 6.18 Å². The van der Waals surface area contributed by atoms with E-state index in [1.54, 1.807) is 0 Å². The number of hydrogen-bond donors (Lipinski definition) is 1. The molecule has 0 aliphatic rings. The van der Waals surface area contributed by atoms with Gasteiger partial charge < -0.3 is 5.73 Å². The number of aromatic nitrogens is 1. The average molecular weight is 262 g/mol. The maximum Gasteiger partial charge on any atom is 0.417 e. The van der Waals surface area contributed by atoms with E-state index in [-0.39, 0.29) is 16.4 Å². The van der Waals surface area contributed by atoms with Crippen LogP contribution in [0.25, 0.3) is 11.3 Å². The maximum absolute atomic E-state index is 13.0. The smallest absolute Gasteiger partial charge is 0.375 e. The fraction of sp³-hybridized carbons (Fsp3) is 0.100. The first-order valence-corrected chi connectivity index (χ1v) is 5.34. The molecule has 2 N–H and O–H groups in total. The van der Waals surface area contributed by atoms with Crippen molar-refractivity contribution in [1.29, 1.82) is 0 Å². The van der Waals surface area contributed by atoms with Gasteiger partial charge in [-0.3, -0.25) is 0 Å². The highest BCUT2D eigenvalue weighted by molar-refractivity contribution is 7.13. The second-order valence-electron chi connectivity index (χ2n) is 3.26. The summed E-state index contributed by atoms with van der Waals surface area (Å²) in [5, 5.41) is 1.50. The summed E-state index contributed by atoms with van der Waals surface area (Å²) < 4.78 is 51.1. The Morgan fingerprint density at radius 2 is 1.94 bits per heavy atom. The molecule has 17 heavy (non-hydrogen) atoms. The van der Waals surface area contributed by atoms with Crippen molar-refractivity contribution in [3.8, 4) is 11.3 Å². The van der Waals surface area contributed by atoms with Gasteiger partial charge in [-0.2, -0.15) is 13.2 Å². The molecule has 0 aliphatic carbocycles. The number of anilines is 1. The van der Waals surface area contributed by atoms with Crippen molar-refractivity contribution in [3.63, 3.8) is 0 Å². The SMILES string of the molecule is Nc1nc(-c2cc(F)ccc2C(F)(F)F)cs1. The van der Waals surface area contributed by atoms with E-state index >= 15 is 0 Å². The van der Waals surface area contributed by atoms with E-state index in [9.17, 15) is 17.6 Å². The molecule has 0 saturated heterocycles. The van der Waals surface area contributed by atoms with E-state index in [2.05, 4.69) is 4.98 Å². The first-order valence-electron chi connectivity index (χ1n) is 4.46. The van der Waals surface area contributed by atoms with Crippen molar-refractivity contribution < 1.29 is 17.6 Å². The van der Waals surface area contributed by atoms with E-state index < -0.39 is 17.6 Å². The lowest BCUT2D eigenvalue weighted by Crippen LogP contribution is -2.07. The van der Waals surface area contributed by atoms with Crippen molar-refractivity contribution >= 4 is 16.5 Å². The van der Waals surface area contributed by atoms with Gasteiger partial charge in [0.1, 0.15) is 5.82 Å². The zero-order valence-corrected chi connectivity index (χ0v) is 9.07. The maximum atomic E-state index is 13.0. The number of thiazole rings is 1. The van der Waals surface area contributed by atoms with Gasteiger partial charge in [0.15, 0.2) is 5.13 Å². The predicted octanol–water partition coefficient (Wildman–Crippen LogP) is 3.55. The minimum Gasteiger partial charge on any atom is -0.375 e. The van der Waals surface area contributed by atoms with Crippen molar-refractivity contribution in [2.24, 2.45) is 0 Å². The lowest BCUT2D eigenvalue weighted by Gasteiger charge is -2.11. The number of benzene rings is 1. The van der Waals surface area contributed by atoms with Crippen LogP contribution in [0.15, 0.2) is 23.6 Å².